The number of hydrogen-bond acceptors (Lipinski definition) is 1. The zero-order valence-corrected chi connectivity index (χ0v) is 9.62. The van der Waals surface area contributed by atoms with E-state index in [1.165, 1.54) is 0 Å². The third-order valence-corrected chi connectivity index (χ3v) is 0. The molecule has 2 radical (unpaired) electrons. The van der Waals surface area contributed by atoms with Gasteiger partial charge >= 0.3 is 23.9 Å². The van der Waals surface area contributed by atoms with Gasteiger partial charge in [0, 0.05) is 19.5 Å². The normalized spacial score (nSPS) is 0. The van der Waals surface area contributed by atoms with Gasteiger partial charge in [0.2, 0.25) is 0 Å². The molecule has 4 heteroatoms. The molecule has 0 aromatic carbocycles. The summed E-state index contributed by atoms with van der Waals surface area (Å²) in [5.74, 6) is 0. The van der Waals surface area contributed by atoms with Crippen LogP contribution in [0.5, 0.6) is 0 Å². The van der Waals surface area contributed by atoms with Gasteiger partial charge in [0.15, 0.2) is 0 Å². The van der Waals surface area contributed by atoms with Crippen molar-refractivity contribution in [2.24, 2.45) is 0 Å². The van der Waals surface area contributed by atoms with Crippen molar-refractivity contribution in [2.45, 2.75) is 0 Å². The molecule has 5 N–H and O–H groups in total. The van der Waals surface area contributed by atoms with E-state index in [2.05, 4.69) is 0 Å². The predicted molar refractivity (Wildman–Crippen MR) is 17.2 cm³/mol. The fraction of sp³-hybridized carbons (Fsp3) is 0. The first-order chi connectivity index (χ1) is 0. The quantitative estimate of drug-likeness (QED) is 0.493. The molecular weight excluding hydrogens is 214 g/mol. The molecule has 2 nitrogen and oxygen atoms in total. The van der Waals surface area contributed by atoms with Crippen LogP contribution >= 0.6 is 0 Å². The Morgan fingerprint density at radius 2 is 1.00 bits per heavy atom. The Hall–Kier alpha value is 1.34. The van der Waals surface area contributed by atoms with E-state index in [4.69, 9.17) is 0 Å². The van der Waals surface area contributed by atoms with Crippen molar-refractivity contribution in [1.82, 2.24) is 6.15 Å². The Labute approximate surface area is 54.9 Å². The van der Waals surface area contributed by atoms with Crippen LogP contribution in [0.4, 0.5) is 0 Å². The summed E-state index contributed by atoms with van der Waals surface area (Å²) < 4.78 is 0. The molecule has 0 aromatic rings. The minimum atomic E-state index is 0. The zero-order chi connectivity index (χ0) is 0. The molecule has 4 heavy (non-hydrogen) atoms. The van der Waals surface area contributed by atoms with Crippen molar-refractivity contribution in [3.05, 3.63) is 0 Å². The fourth-order valence-electron chi connectivity index (χ4n) is 0. The summed E-state index contributed by atoms with van der Waals surface area (Å²) in [6.07, 6.45) is 0. The molecule has 0 bridgehead atoms. The van der Waals surface area contributed by atoms with Crippen LogP contribution in [-0.2, 0) is 19.5 Å². The van der Waals surface area contributed by atoms with E-state index >= 15 is 0 Å². The molecule has 0 aliphatic heterocycles. The summed E-state index contributed by atoms with van der Waals surface area (Å²) in [4.78, 5) is 0. The van der Waals surface area contributed by atoms with Crippen molar-refractivity contribution >= 4 is 23.9 Å². The molecule has 0 aliphatic carbocycles. The zero-order valence-electron chi connectivity index (χ0n) is 2.62. The molecule has 0 fully saturated rings. The largest absolute Gasteiger partial charge is 0 e. The standard InChI is InChI=1S/H3N.H2O.Sn.Zn.2H/h1H3;1H2;;;;. The maximum Gasteiger partial charge on any atom is 0 e. The maximum absolute atomic E-state index is 0. The number of rotatable bonds is 0. The van der Waals surface area contributed by atoms with Crippen molar-refractivity contribution in [2.75, 3.05) is 0 Å². The molecular formula is H7NOSnZn. The van der Waals surface area contributed by atoms with Gasteiger partial charge < -0.3 is 11.6 Å². The van der Waals surface area contributed by atoms with Gasteiger partial charge in [0.25, 0.3) is 0 Å². The van der Waals surface area contributed by atoms with E-state index in [1.807, 2.05) is 0 Å². The minimum absolute atomic E-state index is 0. The average molecular weight is 221 g/mol. The summed E-state index contributed by atoms with van der Waals surface area (Å²) in [5, 5.41) is 0. The second-order valence-corrected chi connectivity index (χ2v) is 0. The molecule has 0 unspecified atom stereocenters. The average Bonchev–Trinajstić information content (AvgIpc) is 0. The molecule has 0 amide bonds. The van der Waals surface area contributed by atoms with Gasteiger partial charge in [0.05, 0.1) is 0 Å². The van der Waals surface area contributed by atoms with E-state index in [0.29, 0.717) is 0 Å². The molecule has 0 aliphatic rings. The van der Waals surface area contributed by atoms with E-state index in [9.17, 15) is 0 Å². The predicted octanol–water partition coefficient (Wildman–Crippen LogP) is -1.58. The van der Waals surface area contributed by atoms with E-state index < -0.39 is 0 Å². The first kappa shape index (κ1) is 55.9. The van der Waals surface area contributed by atoms with Crippen LogP contribution in [0.1, 0.15) is 0 Å². The van der Waals surface area contributed by atoms with E-state index in [-0.39, 0.29) is 55.0 Å². The van der Waals surface area contributed by atoms with Gasteiger partial charge in [-0.3, -0.25) is 0 Å². The molecule has 0 spiro atoms. The monoisotopic (exact) mass is 221 g/mol. The van der Waals surface area contributed by atoms with E-state index in [0.717, 1.165) is 0 Å². The second-order valence-electron chi connectivity index (χ2n) is 0. The summed E-state index contributed by atoms with van der Waals surface area (Å²) in [7, 11) is 0. The molecule has 0 aromatic heterocycles. The smallest absolute Gasteiger partial charge is 0 e. The third-order valence-electron chi connectivity index (χ3n) is 0. The van der Waals surface area contributed by atoms with Gasteiger partial charge in [-0.05, 0) is 0 Å². The first-order valence-electron chi connectivity index (χ1n) is 0. The third kappa shape index (κ3) is 10.2. The topological polar surface area (TPSA) is 66.5 Å². The molecule has 0 atom stereocenters. The maximum atomic E-state index is 0. The number of hydrogen-bond donors (Lipinski definition) is 1. The van der Waals surface area contributed by atoms with Crippen LogP contribution in [-0.4, -0.2) is 29.4 Å². The fourth-order valence-corrected chi connectivity index (χ4v) is 0. The van der Waals surface area contributed by atoms with Crippen LogP contribution in [0.2, 0.25) is 0 Å². The van der Waals surface area contributed by atoms with Crippen molar-refractivity contribution in [1.29, 1.82) is 0 Å². The Bertz CT molecular complexity index is 8.00. The van der Waals surface area contributed by atoms with Crippen LogP contribution in [0, 0.1) is 0 Å². The SMILES string of the molecule is N.O.[SnH2].[Zn]. The van der Waals surface area contributed by atoms with Crippen molar-refractivity contribution < 1.29 is 25.0 Å². The van der Waals surface area contributed by atoms with Crippen molar-refractivity contribution in [3.8, 4) is 0 Å². The van der Waals surface area contributed by atoms with Gasteiger partial charge in [0.1, 0.15) is 0 Å². The Balaban J connectivity index is 0. The van der Waals surface area contributed by atoms with Gasteiger partial charge in [-0.25, -0.2) is 0 Å². The molecule has 0 rings (SSSR count). The minimum Gasteiger partial charge on any atom is 0 e. The molecule has 0 heterocycles. The van der Waals surface area contributed by atoms with Gasteiger partial charge in [-0.15, -0.1) is 0 Å². The first-order valence-corrected chi connectivity index (χ1v) is 0. The molecule has 0 saturated carbocycles. The summed E-state index contributed by atoms with van der Waals surface area (Å²) in [6.45, 7) is 0. The van der Waals surface area contributed by atoms with Gasteiger partial charge in [-0.1, -0.05) is 0 Å². The van der Waals surface area contributed by atoms with Gasteiger partial charge in [-0.2, -0.15) is 0 Å². The second kappa shape index (κ2) is 26.9. The Morgan fingerprint density at radius 3 is 1.00 bits per heavy atom. The van der Waals surface area contributed by atoms with Crippen LogP contribution < -0.4 is 6.15 Å². The van der Waals surface area contributed by atoms with Crippen LogP contribution in [0.3, 0.4) is 0 Å². The van der Waals surface area contributed by atoms with Crippen molar-refractivity contribution in [3.63, 3.8) is 0 Å². The summed E-state index contributed by atoms with van der Waals surface area (Å²) in [6, 6.07) is 0. The van der Waals surface area contributed by atoms with E-state index in [1.54, 1.807) is 0 Å². The summed E-state index contributed by atoms with van der Waals surface area (Å²) >= 11 is 0. The molecule has 0 saturated heterocycles. The Morgan fingerprint density at radius 1 is 1.00 bits per heavy atom. The van der Waals surface area contributed by atoms with Crippen LogP contribution in [0.25, 0.3) is 0 Å². The summed E-state index contributed by atoms with van der Waals surface area (Å²) in [5.41, 5.74) is 0. The van der Waals surface area contributed by atoms with Crippen LogP contribution in [0.15, 0.2) is 0 Å². The molecule has 24 valence electrons. The Kier molecular flexibility index (Phi) is 376.